The predicted octanol–water partition coefficient (Wildman–Crippen LogP) is 1.94. The van der Waals surface area contributed by atoms with Gasteiger partial charge in [0, 0.05) is 19.3 Å². The van der Waals surface area contributed by atoms with Gasteiger partial charge in [0.1, 0.15) is 0 Å². The van der Waals surface area contributed by atoms with E-state index in [-0.39, 0.29) is 5.69 Å². The van der Waals surface area contributed by atoms with Crippen LogP contribution in [0.5, 0.6) is 0 Å². The zero-order chi connectivity index (χ0) is 14.0. The Hall–Kier alpha value is -1.02. The van der Waals surface area contributed by atoms with Crippen LogP contribution >= 0.6 is 27.7 Å². The van der Waals surface area contributed by atoms with E-state index in [1.165, 1.54) is 11.8 Å². The normalized spacial score (nSPS) is 11.2. The number of nitrogens with one attached hydrogen (secondary N) is 1. The van der Waals surface area contributed by atoms with Crippen molar-refractivity contribution in [3.05, 3.63) is 26.3 Å². The van der Waals surface area contributed by atoms with Crippen molar-refractivity contribution in [2.45, 2.75) is 37.7 Å². The average molecular weight is 346 g/mol. The van der Waals surface area contributed by atoms with E-state index in [2.05, 4.69) is 38.1 Å². The molecule has 0 aliphatic rings. The molecule has 0 aromatic carbocycles. The third-order valence-electron chi connectivity index (χ3n) is 2.88. The van der Waals surface area contributed by atoms with Crippen LogP contribution in [0.15, 0.2) is 14.4 Å². The third kappa shape index (κ3) is 2.79. The van der Waals surface area contributed by atoms with Gasteiger partial charge in [0.2, 0.25) is 0 Å². The zero-order valence-corrected chi connectivity index (χ0v) is 13.5. The number of H-pyrrole nitrogens is 1. The van der Waals surface area contributed by atoms with Gasteiger partial charge in [0.05, 0.1) is 15.9 Å². The van der Waals surface area contributed by atoms with Gasteiger partial charge in [0.25, 0.3) is 0 Å². The minimum atomic E-state index is -0.164. The number of aryl methyl sites for hydroxylation is 2. The van der Waals surface area contributed by atoms with E-state index in [4.69, 9.17) is 0 Å². The molecule has 0 fully saturated rings. The maximum atomic E-state index is 11.5. The Labute approximate surface area is 123 Å². The molecule has 2 heterocycles. The van der Waals surface area contributed by atoms with E-state index in [0.717, 1.165) is 22.3 Å². The standard InChI is InChI=1S/C11H16BrN5OS/c1-4-7-9(12)8(16(3)15-7)6-19-11-14-13-10(18)17(11)5-2/h4-6H2,1-3H3,(H,13,18). The van der Waals surface area contributed by atoms with E-state index in [0.29, 0.717) is 17.5 Å². The Kier molecular flexibility index (Phi) is 4.51. The predicted molar refractivity (Wildman–Crippen MR) is 78.4 cm³/mol. The van der Waals surface area contributed by atoms with Crippen LogP contribution < -0.4 is 5.69 Å². The van der Waals surface area contributed by atoms with E-state index in [1.54, 1.807) is 4.57 Å². The molecule has 2 aromatic rings. The molecule has 1 N–H and O–H groups in total. The number of aromatic amines is 1. The summed E-state index contributed by atoms with van der Waals surface area (Å²) in [6.07, 6.45) is 0.890. The molecular weight excluding hydrogens is 330 g/mol. The lowest BCUT2D eigenvalue weighted by Crippen LogP contribution is -2.16. The molecule has 19 heavy (non-hydrogen) atoms. The Balaban J connectivity index is 2.19. The molecule has 0 aliphatic heterocycles. The van der Waals surface area contributed by atoms with Crippen molar-refractivity contribution in [3.8, 4) is 0 Å². The molecule has 0 amide bonds. The highest BCUT2D eigenvalue weighted by atomic mass is 79.9. The maximum Gasteiger partial charge on any atom is 0.343 e. The summed E-state index contributed by atoms with van der Waals surface area (Å²) < 4.78 is 4.54. The Morgan fingerprint density at radius 3 is 2.74 bits per heavy atom. The number of hydrogen-bond donors (Lipinski definition) is 1. The Morgan fingerprint density at radius 2 is 2.16 bits per heavy atom. The molecular formula is C11H16BrN5OS. The summed E-state index contributed by atoms with van der Waals surface area (Å²) in [6, 6.07) is 0. The molecule has 8 heteroatoms. The Morgan fingerprint density at radius 1 is 1.42 bits per heavy atom. The van der Waals surface area contributed by atoms with Crippen molar-refractivity contribution >= 4 is 27.7 Å². The third-order valence-corrected chi connectivity index (χ3v) is 4.78. The molecule has 6 nitrogen and oxygen atoms in total. The van der Waals surface area contributed by atoms with E-state index < -0.39 is 0 Å². The summed E-state index contributed by atoms with van der Waals surface area (Å²) in [5, 5.41) is 11.7. The quantitative estimate of drug-likeness (QED) is 0.840. The van der Waals surface area contributed by atoms with Gasteiger partial charge in [0.15, 0.2) is 5.16 Å². The molecule has 0 atom stereocenters. The first-order chi connectivity index (χ1) is 9.08. The van der Waals surface area contributed by atoms with Gasteiger partial charge in [-0.1, -0.05) is 18.7 Å². The van der Waals surface area contributed by atoms with Gasteiger partial charge in [-0.15, -0.1) is 5.10 Å². The van der Waals surface area contributed by atoms with Crippen LogP contribution in [-0.4, -0.2) is 24.5 Å². The molecule has 0 radical (unpaired) electrons. The number of thioether (sulfide) groups is 1. The van der Waals surface area contributed by atoms with Gasteiger partial charge in [-0.2, -0.15) is 5.10 Å². The molecule has 0 unspecified atom stereocenters. The first-order valence-electron chi connectivity index (χ1n) is 6.06. The minimum absolute atomic E-state index is 0.164. The fraction of sp³-hybridized carbons (Fsp3) is 0.545. The molecule has 0 spiro atoms. The van der Waals surface area contributed by atoms with Crippen LogP contribution in [0.1, 0.15) is 25.2 Å². The van der Waals surface area contributed by atoms with Gasteiger partial charge >= 0.3 is 5.69 Å². The van der Waals surface area contributed by atoms with Crippen molar-refractivity contribution < 1.29 is 0 Å². The average Bonchev–Trinajstić information content (AvgIpc) is 2.88. The van der Waals surface area contributed by atoms with Crippen molar-refractivity contribution in [3.63, 3.8) is 0 Å². The summed E-state index contributed by atoms with van der Waals surface area (Å²) in [5.74, 6) is 0.717. The molecule has 0 saturated heterocycles. The number of nitrogens with zero attached hydrogens (tertiary/aromatic N) is 4. The topological polar surface area (TPSA) is 68.5 Å². The van der Waals surface area contributed by atoms with Gasteiger partial charge in [-0.25, -0.2) is 9.89 Å². The van der Waals surface area contributed by atoms with Crippen LogP contribution in [0.3, 0.4) is 0 Å². The van der Waals surface area contributed by atoms with Crippen molar-refractivity contribution in [2.24, 2.45) is 7.05 Å². The first-order valence-corrected chi connectivity index (χ1v) is 7.84. The van der Waals surface area contributed by atoms with Gasteiger partial charge < -0.3 is 0 Å². The van der Waals surface area contributed by atoms with Crippen molar-refractivity contribution in [1.82, 2.24) is 24.5 Å². The summed E-state index contributed by atoms with van der Waals surface area (Å²) in [6.45, 7) is 4.62. The van der Waals surface area contributed by atoms with Crippen LogP contribution in [0, 0.1) is 0 Å². The molecule has 0 bridgehead atoms. The Bertz CT molecular complexity index is 630. The molecule has 104 valence electrons. The monoisotopic (exact) mass is 345 g/mol. The first kappa shape index (κ1) is 14.4. The number of rotatable bonds is 5. The molecule has 2 aromatic heterocycles. The highest BCUT2D eigenvalue weighted by Gasteiger charge is 2.14. The fourth-order valence-corrected chi connectivity index (χ4v) is 3.82. The van der Waals surface area contributed by atoms with E-state index >= 15 is 0 Å². The highest BCUT2D eigenvalue weighted by Crippen LogP contribution is 2.27. The lowest BCUT2D eigenvalue weighted by Gasteiger charge is -2.03. The second-order valence-electron chi connectivity index (χ2n) is 4.03. The molecule has 0 saturated carbocycles. The van der Waals surface area contributed by atoms with Crippen LogP contribution in [-0.2, 0) is 25.8 Å². The van der Waals surface area contributed by atoms with E-state index in [1.807, 2.05) is 18.7 Å². The maximum absolute atomic E-state index is 11.5. The second kappa shape index (κ2) is 5.96. The zero-order valence-electron chi connectivity index (χ0n) is 11.1. The van der Waals surface area contributed by atoms with Crippen LogP contribution in [0.2, 0.25) is 0 Å². The minimum Gasteiger partial charge on any atom is -0.270 e. The summed E-state index contributed by atoms with van der Waals surface area (Å²) >= 11 is 5.11. The van der Waals surface area contributed by atoms with Gasteiger partial charge in [-0.3, -0.25) is 9.25 Å². The van der Waals surface area contributed by atoms with Crippen molar-refractivity contribution in [1.29, 1.82) is 0 Å². The number of hydrogen-bond acceptors (Lipinski definition) is 4. The largest absolute Gasteiger partial charge is 0.343 e. The SMILES string of the molecule is CCc1nn(C)c(CSc2n[nH]c(=O)n2CC)c1Br. The summed E-state index contributed by atoms with van der Waals surface area (Å²) in [4.78, 5) is 11.5. The second-order valence-corrected chi connectivity index (χ2v) is 5.76. The fourth-order valence-electron chi connectivity index (χ4n) is 1.80. The number of halogens is 1. The van der Waals surface area contributed by atoms with Crippen molar-refractivity contribution in [2.75, 3.05) is 0 Å². The lowest BCUT2D eigenvalue weighted by molar-refractivity contribution is 0.659. The summed E-state index contributed by atoms with van der Waals surface area (Å²) in [5.41, 5.74) is 1.98. The number of aromatic nitrogens is 5. The lowest BCUT2D eigenvalue weighted by atomic mass is 10.3. The molecule has 2 rings (SSSR count). The van der Waals surface area contributed by atoms with Crippen LogP contribution in [0.4, 0.5) is 0 Å². The van der Waals surface area contributed by atoms with E-state index in [9.17, 15) is 4.79 Å². The summed E-state index contributed by atoms with van der Waals surface area (Å²) in [7, 11) is 1.93. The van der Waals surface area contributed by atoms with Gasteiger partial charge in [-0.05, 0) is 29.3 Å². The van der Waals surface area contributed by atoms with Crippen LogP contribution in [0.25, 0.3) is 0 Å². The smallest absolute Gasteiger partial charge is 0.270 e. The highest BCUT2D eigenvalue weighted by molar-refractivity contribution is 9.10. The molecule has 0 aliphatic carbocycles.